The Labute approximate surface area is 159 Å². The highest BCUT2D eigenvalue weighted by Crippen LogP contribution is 2.16. The molecule has 0 amide bonds. The summed E-state index contributed by atoms with van der Waals surface area (Å²) in [7, 11) is -1.87. The Bertz CT molecular complexity index is 974. The van der Waals surface area contributed by atoms with Gasteiger partial charge >= 0.3 is 5.97 Å². The summed E-state index contributed by atoms with van der Waals surface area (Å²) in [5.41, 5.74) is 2.29. The predicted molar refractivity (Wildman–Crippen MR) is 101 cm³/mol. The van der Waals surface area contributed by atoms with Gasteiger partial charge in [0.25, 0.3) is 0 Å². The number of carbonyl (C=O) groups excluding carboxylic acids is 2. The van der Waals surface area contributed by atoms with Gasteiger partial charge < -0.3 is 9.30 Å². The van der Waals surface area contributed by atoms with Gasteiger partial charge in [0.15, 0.2) is 6.61 Å². The van der Waals surface area contributed by atoms with Gasteiger partial charge in [-0.15, -0.1) is 0 Å². The highest BCUT2D eigenvalue weighted by molar-refractivity contribution is 7.89. The number of aromatic nitrogens is 1. The van der Waals surface area contributed by atoms with Gasteiger partial charge in [-0.2, -0.15) is 0 Å². The Morgan fingerprint density at radius 2 is 1.85 bits per heavy atom. The monoisotopic (exact) mass is 392 g/mol. The fourth-order valence-electron chi connectivity index (χ4n) is 2.60. The number of sulfonamides is 1. The molecule has 0 saturated heterocycles. The summed E-state index contributed by atoms with van der Waals surface area (Å²) in [6.45, 7) is 6.69. The van der Waals surface area contributed by atoms with Gasteiger partial charge in [0.05, 0.1) is 10.5 Å². The summed E-state index contributed by atoms with van der Waals surface area (Å²) in [6, 6.07) is 6.99. The van der Waals surface area contributed by atoms with Crippen molar-refractivity contribution in [2.24, 2.45) is 7.05 Å². The van der Waals surface area contributed by atoms with E-state index in [4.69, 9.17) is 4.74 Å². The van der Waals surface area contributed by atoms with Crippen molar-refractivity contribution in [3.63, 3.8) is 0 Å². The van der Waals surface area contributed by atoms with Crippen LogP contribution in [0.2, 0.25) is 0 Å². The van der Waals surface area contributed by atoms with Crippen LogP contribution in [0.1, 0.15) is 46.0 Å². The van der Waals surface area contributed by atoms with Crippen LogP contribution in [-0.2, 0) is 21.8 Å². The average Bonchev–Trinajstić information content (AvgIpc) is 2.86. The summed E-state index contributed by atoms with van der Waals surface area (Å²) < 4.78 is 33.9. The minimum absolute atomic E-state index is 0.0356. The van der Waals surface area contributed by atoms with Crippen molar-refractivity contribution in [3.05, 3.63) is 52.8 Å². The number of nitrogens with one attached hydrogen (secondary N) is 1. The zero-order valence-electron chi connectivity index (χ0n) is 16.1. The van der Waals surface area contributed by atoms with Crippen molar-refractivity contribution in [1.29, 1.82) is 0 Å². The molecule has 0 aliphatic heterocycles. The van der Waals surface area contributed by atoms with Crippen LogP contribution in [0, 0.1) is 13.8 Å². The van der Waals surface area contributed by atoms with Crippen LogP contribution in [0.5, 0.6) is 0 Å². The summed E-state index contributed by atoms with van der Waals surface area (Å²) in [4.78, 5) is 24.5. The van der Waals surface area contributed by atoms with E-state index in [1.54, 1.807) is 19.9 Å². The van der Waals surface area contributed by atoms with Gasteiger partial charge in [0, 0.05) is 30.0 Å². The number of carbonyl (C=O) groups is 2. The molecule has 1 aromatic heterocycles. The molecule has 2 rings (SSSR count). The second kappa shape index (κ2) is 8.06. The second-order valence-corrected chi connectivity index (χ2v) is 8.36. The molecule has 1 N–H and O–H groups in total. The van der Waals surface area contributed by atoms with Crippen molar-refractivity contribution in [2.45, 2.75) is 38.6 Å². The van der Waals surface area contributed by atoms with Crippen LogP contribution in [0.15, 0.2) is 35.2 Å². The number of ether oxygens (including phenoxy) is 1. The van der Waals surface area contributed by atoms with E-state index in [0.717, 1.165) is 11.4 Å². The van der Waals surface area contributed by atoms with E-state index >= 15 is 0 Å². The largest absolute Gasteiger partial charge is 0.454 e. The van der Waals surface area contributed by atoms with Crippen molar-refractivity contribution >= 4 is 21.8 Å². The van der Waals surface area contributed by atoms with Crippen LogP contribution in [0.4, 0.5) is 0 Å². The number of hydrogen-bond donors (Lipinski definition) is 1. The van der Waals surface area contributed by atoms with E-state index in [1.165, 1.54) is 24.3 Å². The summed E-state index contributed by atoms with van der Waals surface area (Å²) >= 11 is 0. The molecule has 0 spiro atoms. The quantitative estimate of drug-likeness (QED) is 0.577. The molecule has 2 aromatic rings. The molecule has 7 nitrogen and oxygen atoms in total. The van der Waals surface area contributed by atoms with Gasteiger partial charge in [-0.3, -0.25) is 4.79 Å². The van der Waals surface area contributed by atoms with Crippen LogP contribution < -0.4 is 4.72 Å². The van der Waals surface area contributed by atoms with E-state index < -0.39 is 22.6 Å². The van der Waals surface area contributed by atoms with Crippen molar-refractivity contribution in [1.82, 2.24) is 9.29 Å². The lowest BCUT2D eigenvalue weighted by Crippen LogP contribution is -2.30. The SMILES string of the molecule is Cc1cc(C(=O)COC(=O)c2cccc(S(=O)(=O)NC(C)C)c2)c(C)n1C. The second-order valence-electron chi connectivity index (χ2n) is 6.65. The molecule has 0 bridgehead atoms. The molecule has 0 aliphatic rings. The maximum Gasteiger partial charge on any atom is 0.338 e. The molecular weight excluding hydrogens is 368 g/mol. The zero-order chi connectivity index (χ0) is 20.4. The van der Waals surface area contributed by atoms with Crippen LogP contribution in [-0.4, -0.2) is 37.4 Å². The Morgan fingerprint density at radius 3 is 2.41 bits per heavy atom. The van der Waals surface area contributed by atoms with Crippen molar-refractivity contribution < 1.29 is 22.7 Å². The smallest absolute Gasteiger partial charge is 0.338 e. The number of nitrogens with zero attached hydrogens (tertiary/aromatic N) is 1. The molecule has 0 radical (unpaired) electrons. The van der Waals surface area contributed by atoms with Gasteiger partial charge in [-0.25, -0.2) is 17.9 Å². The topological polar surface area (TPSA) is 94.5 Å². The Kier molecular flexibility index (Phi) is 6.22. The third-order valence-corrected chi connectivity index (χ3v) is 5.84. The first-order valence-corrected chi connectivity index (χ1v) is 9.97. The number of hydrogen-bond acceptors (Lipinski definition) is 5. The molecule has 0 unspecified atom stereocenters. The maximum absolute atomic E-state index is 12.3. The number of esters is 1. The van der Waals surface area contributed by atoms with Crippen LogP contribution in [0.3, 0.4) is 0 Å². The highest BCUT2D eigenvalue weighted by Gasteiger charge is 2.19. The van der Waals surface area contributed by atoms with Gasteiger partial charge in [-0.1, -0.05) is 6.07 Å². The lowest BCUT2D eigenvalue weighted by molar-refractivity contribution is 0.0474. The molecule has 0 aliphatic carbocycles. The first-order valence-electron chi connectivity index (χ1n) is 8.48. The number of ketones is 1. The van der Waals surface area contributed by atoms with E-state index in [0.29, 0.717) is 5.56 Å². The zero-order valence-corrected chi connectivity index (χ0v) is 16.9. The lowest BCUT2D eigenvalue weighted by atomic mass is 10.1. The lowest BCUT2D eigenvalue weighted by Gasteiger charge is -2.10. The first-order chi connectivity index (χ1) is 12.5. The van der Waals surface area contributed by atoms with Gasteiger partial charge in [0.1, 0.15) is 0 Å². The maximum atomic E-state index is 12.3. The molecule has 0 fully saturated rings. The number of aryl methyl sites for hydroxylation is 1. The van der Waals surface area contributed by atoms with E-state index in [2.05, 4.69) is 4.72 Å². The Morgan fingerprint density at radius 1 is 1.19 bits per heavy atom. The average molecular weight is 392 g/mol. The number of benzene rings is 1. The Hall–Kier alpha value is -2.45. The van der Waals surface area contributed by atoms with E-state index in [1.807, 2.05) is 25.5 Å². The molecule has 1 aromatic carbocycles. The van der Waals surface area contributed by atoms with E-state index in [9.17, 15) is 18.0 Å². The predicted octanol–water partition coefficient (Wildman–Crippen LogP) is 2.37. The molecular formula is C19H24N2O5S. The van der Waals surface area contributed by atoms with Gasteiger partial charge in [0.2, 0.25) is 15.8 Å². The normalized spacial score (nSPS) is 11.6. The summed E-state index contributed by atoms with van der Waals surface area (Å²) in [6.07, 6.45) is 0. The minimum atomic E-state index is -3.72. The number of Topliss-reactive ketones (excluding diaryl/α,β-unsaturated/α-hetero) is 1. The molecule has 8 heteroatoms. The fraction of sp³-hybridized carbons (Fsp3) is 0.368. The molecule has 146 valence electrons. The standard InChI is InChI=1S/C19H24N2O5S/c1-12(2)20-27(24,25)16-8-6-7-15(10-16)19(23)26-11-18(22)17-9-13(3)21(5)14(17)4/h6-10,12,20H,11H2,1-5H3. The van der Waals surface area contributed by atoms with Crippen LogP contribution >= 0.6 is 0 Å². The minimum Gasteiger partial charge on any atom is -0.454 e. The highest BCUT2D eigenvalue weighted by atomic mass is 32.2. The third kappa shape index (κ3) is 4.84. The third-order valence-electron chi connectivity index (χ3n) is 4.18. The molecule has 0 saturated carbocycles. The summed E-state index contributed by atoms with van der Waals surface area (Å²) in [5.74, 6) is -1.06. The van der Waals surface area contributed by atoms with Gasteiger partial charge in [-0.05, 0) is 52.0 Å². The first kappa shape index (κ1) is 20.9. The molecule has 27 heavy (non-hydrogen) atoms. The summed E-state index contributed by atoms with van der Waals surface area (Å²) in [5, 5.41) is 0. The fourth-order valence-corrected chi connectivity index (χ4v) is 3.89. The van der Waals surface area contributed by atoms with Crippen LogP contribution in [0.25, 0.3) is 0 Å². The Balaban J connectivity index is 2.11. The van der Waals surface area contributed by atoms with E-state index in [-0.39, 0.29) is 22.3 Å². The molecule has 0 atom stereocenters. The molecule has 1 heterocycles. The van der Waals surface area contributed by atoms with Crippen molar-refractivity contribution in [3.8, 4) is 0 Å². The van der Waals surface area contributed by atoms with Crippen molar-refractivity contribution in [2.75, 3.05) is 6.61 Å². The number of rotatable bonds is 7.